The molecule has 0 bridgehead atoms. The lowest BCUT2D eigenvalue weighted by Crippen LogP contribution is -2.51. The van der Waals surface area contributed by atoms with Gasteiger partial charge in [0.1, 0.15) is 17.5 Å². The first-order valence-electron chi connectivity index (χ1n) is 13.1. The van der Waals surface area contributed by atoms with Crippen molar-refractivity contribution in [3.8, 4) is 17.3 Å². The predicted molar refractivity (Wildman–Crippen MR) is 151 cm³/mol. The molecular weight excluding hydrogens is 570 g/mol. The highest BCUT2D eigenvalue weighted by atomic mass is 35.5. The molecule has 2 aromatic carbocycles. The van der Waals surface area contributed by atoms with Gasteiger partial charge in [0.25, 0.3) is 11.8 Å². The van der Waals surface area contributed by atoms with Crippen molar-refractivity contribution >= 4 is 46.4 Å². The maximum atomic E-state index is 14.7. The second-order valence-corrected chi connectivity index (χ2v) is 11.5. The van der Waals surface area contributed by atoms with Crippen LogP contribution in [0.3, 0.4) is 0 Å². The van der Waals surface area contributed by atoms with Gasteiger partial charge in [-0.3, -0.25) is 14.5 Å². The Morgan fingerprint density at radius 1 is 1.10 bits per heavy atom. The molecule has 7 rings (SSSR count). The van der Waals surface area contributed by atoms with Crippen molar-refractivity contribution in [2.24, 2.45) is 0 Å². The van der Waals surface area contributed by atoms with Gasteiger partial charge in [0, 0.05) is 39.5 Å². The first-order chi connectivity index (χ1) is 19.6. The van der Waals surface area contributed by atoms with Crippen LogP contribution in [0.4, 0.5) is 15.8 Å². The molecule has 12 heteroatoms. The van der Waals surface area contributed by atoms with Crippen molar-refractivity contribution in [1.82, 2.24) is 19.5 Å². The Hall–Kier alpha value is -4.02. The van der Waals surface area contributed by atoms with Gasteiger partial charge in [0.15, 0.2) is 11.2 Å². The van der Waals surface area contributed by atoms with Gasteiger partial charge in [0.05, 0.1) is 24.1 Å². The van der Waals surface area contributed by atoms with E-state index in [1.165, 1.54) is 24.1 Å². The lowest BCUT2D eigenvalue weighted by atomic mass is 9.87. The highest BCUT2D eigenvalue weighted by Crippen LogP contribution is 2.55. The summed E-state index contributed by atoms with van der Waals surface area (Å²) < 4.78 is 22.1. The number of rotatable bonds is 5. The van der Waals surface area contributed by atoms with Crippen molar-refractivity contribution in [3.63, 3.8) is 0 Å². The summed E-state index contributed by atoms with van der Waals surface area (Å²) >= 11 is 12.5. The fourth-order valence-electron chi connectivity index (χ4n) is 5.92. The van der Waals surface area contributed by atoms with E-state index in [2.05, 4.69) is 15.3 Å². The second kappa shape index (κ2) is 8.99. The van der Waals surface area contributed by atoms with Crippen molar-refractivity contribution in [1.29, 1.82) is 0 Å². The number of benzene rings is 2. The van der Waals surface area contributed by atoms with Gasteiger partial charge in [-0.15, -0.1) is 0 Å². The summed E-state index contributed by atoms with van der Waals surface area (Å²) in [4.78, 5) is 43.8. The lowest BCUT2D eigenvalue weighted by molar-refractivity contribution is -0.119. The van der Waals surface area contributed by atoms with E-state index in [1.54, 1.807) is 24.4 Å². The summed E-state index contributed by atoms with van der Waals surface area (Å²) in [5.74, 6) is -0.0504. The Morgan fingerprint density at radius 3 is 2.56 bits per heavy atom. The van der Waals surface area contributed by atoms with Crippen molar-refractivity contribution in [3.05, 3.63) is 81.2 Å². The molecule has 1 fully saturated rings. The zero-order chi connectivity index (χ0) is 28.8. The fraction of sp³-hybridized carbons (Fsp3) is 0.276. The summed E-state index contributed by atoms with van der Waals surface area (Å²) in [5, 5.41) is 3.37. The number of nitrogens with one attached hydrogen (secondary N) is 1. The summed E-state index contributed by atoms with van der Waals surface area (Å²) in [5.41, 5.74) is 0.144. The minimum Gasteiger partial charge on any atom is -0.480 e. The number of nitrogens with zero attached hydrogens (tertiary/aromatic N) is 5. The average Bonchev–Trinajstić information content (AvgIpc) is 3.57. The second-order valence-electron chi connectivity index (χ2n) is 10.6. The smallest absolute Gasteiger partial charge is 0.280 e. The fourth-order valence-corrected chi connectivity index (χ4v) is 6.31. The number of hydrogen-bond donors (Lipinski definition) is 1. The molecule has 41 heavy (non-hydrogen) atoms. The van der Waals surface area contributed by atoms with Crippen LogP contribution in [0.2, 0.25) is 10.0 Å². The Bertz CT molecular complexity index is 1780. The van der Waals surface area contributed by atoms with Gasteiger partial charge < -0.3 is 14.6 Å². The predicted octanol–water partition coefficient (Wildman–Crippen LogP) is 6.11. The number of carbonyl (C=O) groups is 2. The number of halogens is 3. The normalized spacial score (nSPS) is 19.2. The summed E-state index contributed by atoms with van der Waals surface area (Å²) in [6.45, 7) is 3.85. The third kappa shape index (κ3) is 3.63. The van der Waals surface area contributed by atoms with Crippen molar-refractivity contribution in [2.75, 3.05) is 17.3 Å². The van der Waals surface area contributed by atoms with Gasteiger partial charge in [0.2, 0.25) is 5.88 Å². The van der Waals surface area contributed by atoms with E-state index < -0.39 is 23.2 Å². The Kier molecular flexibility index (Phi) is 5.68. The highest BCUT2D eigenvalue weighted by Gasteiger charge is 2.64. The standard InChI is InChI=1S/C29H23Cl2FN6O3/c1-13(2)37-23-22(35-25(37)19-12-33-24(14-4-5-14)36-26(19)41-3)27(39)38(18-9-16(31)8-17(32)11-18)29(23)20-7-6-15(30)10-21(20)34-28(29)40/h6-14H,4-5H2,1-3H3,(H,34,40). The molecule has 1 aliphatic carbocycles. The molecule has 2 aliphatic heterocycles. The molecule has 1 spiro atoms. The molecule has 1 saturated carbocycles. The van der Waals surface area contributed by atoms with E-state index >= 15 is 0 Å². The van der Waals surface area contributed by atoms with E-state index in [1.807, 2.05) is 18.4 Å². The molecule has 9 nitrogen and oxygen atoms in total. The maximum Gasteiger partial charge on any atom is 0.280 e. The number of fused-ring (bicyclic) bond motifs is 4. The quantitative estimate of drug-likeness (QED) is 0.300. The number of methoxy groups -OCH3 is 1. The van der Waals surface area contributed by atoms with E-state index in [4.69, 9.17) is 32.9 Å². The Morgan fingerprint density at radius 2 is 1.88 bits per heavy atom. The maximum absolute atomic E-state index is 14.7. The molecule has 0 saturated heterocycles. The first kappa shape index (κ1) is 25.9. The Labute approximate surface area is 244 Å². The van der Waals surface area contributed by atoms with E-state index in [9.17, 15) is 14.0 Å². The molecule has 1 N–H and O–H groups in total. The van der Waals surface area contributed by atoms with Crippen molar-refractivity contribution < 1.29 is 18.7 Å². The summed E-state index contributed by atoms with van der Waals surface area (Å²) in [7, 11) is 1.52. The largest absolute Gasteiger partial charge is 0.480 e. The van der Waals surface area contributed by atoms with Crippen LogP contribution < -0.4 is 15.0 Å². The van der Waals surface area contributed by atoms with E-state index in [0.29, 0.717) is 51.0 Å². The van der Waals surface area contributed by atoms with Gasteiger partial charge in [-0.05, 0) is 57.0 Å². The van der Waals surface area contributed by atoms with Crippen LogP contribution in [-0.4, -0.2) is 38.4 Å². The van der Waals surface area contributed by atoms with Gasteiger partial charge in [-0.25, -0.2) is 14.4 Å². The number of aromatic nitrogens is 4. The summed E-state index contributed by atoms with van der Waals surface area (Å²) in [6, 6.07) is 8.43. The SMILES string of the molecule is COc1nc(C2CC2)ncc1-c1nc2c(n1C(C)C)C1(C(=O)Nc3cc(Cl)ccc31)N(c1cc(F)cc(Cl)c1)C2=O. The Balaban J connectivity index is 1.55. The number of anilines is 2. The van der Waals surface area contributed by atoms with Gasteiger partial charge >= 0.3 is 0 Å². The first-order valence-corrected chi connectivity index (χ1v) is 13.9. The number of amides is 2. The molecule has 1 atom stereocenters. The molecule has 4 aromatic rings. The van der Waals surface area contributed by atoms with Gasteiger partial charge in [-0.2, -0.15) is 4.98 Å². The third-order valence-electron chi connectivity index (χ3n) is 7.71. The number of hydrogen-bond acceptors (Lipinski definition) is 6. The minimum absolute atomic E-state index is 0.0420. The molecule has 1 unspecified atom stereocenters. The molecular formula is C29H23Cl2FN6O3. The van der Waals surface area contributed by atoms with E-state index in [0.717, 1.165) is 18.9 Å². The topological polar surface area (TPSA) is 102 Å². The van der Waals surface area contributed by atoms with Crippen LogP contribution in [0.15, 0.2) is 42.6 Å². The minimum atomic E-state index is -1.74. The van der Waals surface area contributed by atoms with Crippen LogP contribution in [0.1, 0.15) is 66.2 Å². The van der Waals surface area contributed by atoms with Crippen LogP contribution in [0.5, 0.6) is 5.88 Å². The van der Waals surface area contributed by atoms with E-state index in [-0.39, 0.29) is 22.4 Å². The van der Waals surface area contributed by atoms with Gasteiger partial charge in [-0.1, -0.05) is 29.3 Å². The zero-order valence-electron chi connectivity index (χ0n) is 22.2. The zero-order valence-corrected chi connectivity index (χ0v) is 23.7. The molecule has 4 heterocycles. The number of carbonyl (C=O) groups excluding carboxylic acids is 2. The van der Waals surface area contributed by atoms with Crippen LogP contribution in [0.25, 0.3) is 11.4 Å². The number of ether oxygens (including phenoxy) is 1. The number of imidazole rings is 1. The highest BCUT2D eigenvalue weighted by molar-refractivity contribution is 6.32. The summed E-state index contributed by atoms with van der Waals surface area (Å²) in [6.07, 6.45) is 3.69. The molecule has 0 radical (unpaired) electrons. The molecule has 208 valence electrons. The lowest BCUT2D eigenvalue weighted by Gasteiger charge is -2.35. The average molecular weight is 593 g/mol. The monoisotopic (exact) mass is 592 g/mol. The van der Waals surface area contributed by atoms with Crippen LogP contribution >= 0.6 is 23.2 Å². The molecule has 2 amide bonds. The third-order valence-corrected chi connectivity index (χ3v) is 8.17. The molecule has 2 aromatic heterocycles. The van der Waals surface area contributed by atoms with Crippen LogP contribution in [-0.2, 0) is 10.3 Å². The van der Waals surface area contributed by atoms with Crippen molar-refractivity contribution in [2.45, 2.75) is 44.2 Å². The van der Waals surface area contributed by atoms with Crippen LogP contribution in [0, 0.1) is 5.82 Å². The molecule has 3 aliphatic rings.